The fourth-order valence-corrected chi connectivity index (χ4v) is 3.19. The Hall–Kier alpha value is -0.520. The van der Waals surface area contributed by atoms with Crippen molar-refractivity contribution in [3.8, 4) is 0 Å². The summed E-state index contributed by atoms with van der Waals surface area (Å²) >= 11 is 1.70. The Morgan fingerprint density at radius 3 is 2.94 bits per heavy atom. The molecular formula is C12H21N3OS. The van der Waals surface area contributed by atoms with Crippen molar-refractivity contribution in [1.29, 1.82) is 0 Å². The number of nitrogens with zero attached hydrogens (tertiary/aromatic N) is 2. The van der Waals surface area contributed by atoms with E-state index in [0.717, 1.165) is 36.0 Å². The summed E-state index contributed by atoms with van der Waals surface area (Å²) in [5.41, 5.74) is 0. The first-order chi connectivity index (χ1) is 8.35. The van der Waals surface area contributed by atoms with Crippen LogP contribution in [-0.2, 0) is 4.74 Å². The molecule has 1 fully saturated rings. The summed E-state index contributed by atoms with van der Waals surface area (Å²) in [7, 11) is 0. The minimum atomic E-state index is 0.189. The van der Waals surface area contributed by atoms with Crippen LogP contribution in [-0.4, -0.2) is 23.3 Å². The highest BCUT2D eigenvalue weighted by molar-refractivity contribution is 7.11. The van der Waals surface area contributed by atoms with Gasteiger partial charge in [0.2, 0.25) is 0 Å². The quantitative estimate of drug-likeness (QED) is 0.879. The first-order valence-corrected chi connectivity index (χ1v) is 7.35. The highest BCUT2D eigenvalue weighted by Gasteiger charge is 2.22. The summed E-state index contributed by atoms with van der Waals surface area (Å²) in [4.78, 5) is 0. The summed E-state index contributed by atoms with van der Waals surface area (Å²) in [5, 5.41) is 14.2. The average molecular weight is 255 g/mol. The zero-order chi connectivity index (χ0) is 12.1. The molecule has 0 saturated carbocycles. The Balaban J connectivity index is 2.03. The van der Waals surface area contributed by atoms with Crippen molar-refractivity contribution in [2.24, 2.45) is 0 Å². The monoisotopic (exact) mass is 255 g/mol. The third-order valence-corrected chi connectivity index (χ3v) is 4.20. The van der Waals surface area contributed by atoms with E-state index >= 15 is 0 Å². The molecule has 0 aromatic carbocycles. The molecule has 0 aliphatic carbocycles. The molecule has 2 heterocycles. The van der Waals surface area contributed by atoms with Crippen LogP contribution in [0.1, 0.15) is 61.7 Å². The second-order valence-electron chi connectivity index (χ2n) is 4.35. The van der Waals surface area contributed by atoms with Gasteiger partial charge in [-0.3, -0.25) is 0 Å². The lowest BCUT2D eigenvalue weighted by Crippen LogP contribution is -2.19. The molecule has 0 bridgehead atoms. The van der Waals surface area contributed by atoms with E-state index in [4.69, 9.17) is 4.74 Å². The van der Waals surface area contributed by atoms with E-state index in [1.807, 2.05) is 0 Å². The maximum absolute atomic E-state index is 5.74. The van der Waals surface area contributed by atoms with Gasteiger partial charge in [0.15, 0.2) is 0 Å². The smallest absolute Gasteiger partial charge is 0.146 e. The molecule has 4 nitrogen and oxygen atoms in total. The topological polar surface area (TPSA) is 47.0 Å². The maximum atomic E-state index is 5.74. The van der Waals surface area contributed by atoms with Gasteiger partial charge in [0, 0.05) is 6.61 Å². The lowest BCUT2D eigenvalue weighted by atomic mass is 10.1. The Kier molecular flexibility index (Phi) is 4.88. The van der Waals surface area contributed by atoms with Crippen molar-refractivity contribution in [1.82, 2.24) is 15.5 Å². The molecule has 0 radical (unpaired) electrons. The van der Waals surface area contributed by atoms with Crippen LogP contribution in [0.15, 0.2) is 0 Å². The second-order valence-corrected chi connectivity index (χ2v) is 5.39. The van der Waals surface area contributed by atoms with Crippen molar-refractivity contribution in [3.63, 3.8) is 0 Å². The van der Waals surface area contributed by atoms with E-state index in [0.29, 0.717) is 6.04 Å². The van der Waals surface area contributed by atoms with Gasteiger partial charge in [-0.15, -0.1) is 10.2 Å². The number of hydrogen-bond acceptors (Lipinski definition) is 5. The molecule has 96 valence electrons. The van der Waals surface area contributed by atoms with Gasteiger partial charge in [0.05, 0.1) is 6.04 Å². The number of nitrogens with one attached hydrogen (secondary N) is 1. The molecule has 2 atom stereocenters. The largest absolute Gasteiger partial charge is 0.371 e. The van der Waals surface area contributed by atoms with Crippen LogP contribution in [0.2, 0.25) is 0 Å². The van der Waals surface area contributed by atoms with Crippen molar-refractivity contribution >= 4 is 11.3 Å². The Bertz CT molecular complexity index is 317. The summed E-state index contributed by atoms with van der Waals surface area (Å²) in [6.07, 6.45) is 4.75. The molecule has 2 rings (SSSR count). The van der Waals surface area contributed by atoms with Gasteiger partial charge in [-0.2, -0.15) is 0 Å². The first kappa shape index (κ1) is 12.9. The van der Waals surface area contributed by atoms with E-state index in [9.17, 15) is 0 Å². The molecule has 2 unspecified atom stereocenters. The van der Waals surface area contributed by atoms with E-state index in [2.05, 4.69) is 29.4 Å². The number of rotatable bonds is 5. The molecular weight excluding hydrogens is 234 g/mol. The summed E-state index contributed by atoms with van der Waals surface area (Å²) in [5.74, 6) is 0. The minimum Gasteiger partial charge on any atom is -0.371 e. The highest BCUT2D eigenvalue weighted by Crippen LogP contribution is 2.31. The molecule has 1 N–H and O–H groups in total. The van der Waals surface area contributed by atoms with Crippen molar-refractivity contribution in [2.45, 2.75) is 51.7 Å². The number of hydrogen-bond donors (Lipinski definition) is 1. The van der Waals surface area contributed by atoms with Gasteiger partial charge in [-0.1, -0.05) is 25.2 Å². The van der Waals surface area contributed by atoms with Crippen LogP contribution in [0.3, 0.4) is 0 Å². The second kappa shape index (κ2) is 6.42. The van der Waals surface area contributed by atoms with Crippen LogP contribution in [0.25, 0.3) is 0 Å². The molecule has 1 saturated heterocycles. The Morgan fingerprint density at radius 2 is 2.29 bits per heavy atom. The summed E-state index contributed by atoms with van der Waals surface area (Å²) in [6.45, 7) is 6.12. The molecule has 0 spiro atoms. The van der Waals surface area contributed by atoms with Gasteiger partial charge in [-0.05, 0) is 32.2 Å². The van der Waals surface area contributed by atoms with Crippen molar-refractivity contribution in [2.75, 3.05) is 13.2 Å². The Labute approximate surface area is 107 Å². The molecule has 1 aromatic rings. The van der Waals surface area contributed by atoms with E-state index in [1.54, 1.807) is 11.3 Å². The van der Waals surface area contributed by atoms with Gasteiger partial charge in [-0.25, -0.2) is 0 Å². The van der Waals surface area contributed by atoms with Gasteiger partial charge < -0.3 is 10.1 Å². The van der Waals surface area contributed by atoms with Gasteiger partial charge in [0.25, 0.3) is 0 Å². The molecule has 1 aliphatic rings. The van der Waals surface area contributed by atoms with Crippen molar-refractivity contribution in [3.05, 3.63) is 10.0 Å². The lowest BCUT2D eigenvalue weighted by Gasteiger charge is -2.19. The molecule has 0 amide bonds. The number of ether oxygens (including phenoxy) is 1. The summed E-state index contributed by atoms with van der Waals surface area (Å²) in [6, 6.07) is 0.342. The maximum Gasteiger partial charge on any atom is 0.146 e. The molecule has 1 aliphatic heterocycles. The van der Waals surface area contributed by atoms with Crippen LogP contribution in [0.5, 0.6) is 0 Å². The fraction of sp³-hybridized carbons (Fsp3) is 0.833. The first-order valence-electron chi connectivity index (χ1n) is 6.53. The Morgan fingerprint density at radius 1 is 1.41 bits per heavy atom. The fourth-order valence-electron chi connectivity index (χ4n) is 2.11. The van der Waals surface area contributed by atoms with E-state index < -0.39 is 0 Å². The van der Waals surface area contributed by atoms with Gasteiger partial charge >= 0.3 is 0 Å². The predicted octanol–water partition coefficient (Wildman–Crippen LogP) is 2.84. The van der Waals surface area contributed by atoms with Crippen LogP contribution in [0.4, 0.5) is 0 Å². The molecule has 1 aromatic heterocycles. The van der Waals surface area contributed by atoms with Gasteiger partial charge in [0.1, 0.15) is 16.1 Å². The molecule has 5 heteroatoms. The van der Waals surface area contributed by atoms with Crippen LogP contribution < -0.4 is 5.32 Å². The average Bonchev–Trinajstić information content (AvgIpc) is 2.86. The zero-order valence-corrected chi connectivity index (χ0v) is 11.4. The third kappa shape index (κ3) is 3.24. The van der Waals surface area contributed by atoms with E-state index in [1.165, 1.54) is 12.8 Å². The normalized spacial score (nSPS) is 22.6. The van der Waals surface area contributed by atoms with Crippen LogP contribution >= 0.6 is 11.3 Å². The van der Waals surface area contributed by atoms with E-state index in [-0.39, 0.29) is 6.10 Å². The lowest BCUT2D eigenvalue weighted by molar-refractivity contribution is 0.0144. The standard InChI is InChI=1S/C12H21N3OS/c1-3-9(13-4-2)11-14-15-12(17-11)10-7-5-6-8-16-10/h9-10,13H,3-8H2,1-2H3. The summed E-state index contributed by atoms with van der Waals surface area (Å²) < 4.78 is 5.74. The zero-order valence-electron chi connectivity index (χ0n) is 10.6. The molecule has 17 heavy (non-hydrogen) atoms. The minimum absolute atomic E-state index is 0.189. The van der Waals surface area contributed by atoms with Crippen molar-refractivity contribution < 1.29 is 4.74 Å². The SMILES string of the molecule is CCNC(CC)c1nnc(C2CCCCO2)s1. The highest BCUT2D eigenvalue weighted by atomic mass is 32.1. The predicted molar refractivity (Wildman–Crippen MR) is 69.2 cm³/mol. The van der Waals surface area contributed by atoms with Crippen LogP contribution in [0, 0.1) is 0 Å². The third-order valence-electron chi connectivity index (χ3n) is 3.07. The number of aromatic nitrogens is 2.